The predicted octanol–water partition coefficient (Wildman–Crippen LogP) is 1.30. The van der Waals surface area contributed by atoms with Crippen molar-refractivity contribution >= 4 is 21.4 Å². The van der Waals surface area contributed by atoms with Crippen molar-refractivity contribution < 1.29 is 8.42 Å². The van der Waals surface area contributed by atoms with E-state index in [4.69, 9.17) is 0 Å². The van der Waals surface area contributed by atoms with Crippen LogP contribution in [0.25, 0.3) is 0 Å². The van der Waals surface area contributed by atoms with Crippen molar-refractivity contribution in [2.24, 2.45) is 0 Å². The molecule has 0 aliphatic carbocycles. The first-order valence-corrected chi connectivity index (χ1v) is 7.53. The van der Waals surface area contributed by atoms with Gasteiger partial charge in [-0.3, -0.25) is 5.10 Å². The summed E-state index contributed by atoms with van der Waals surface area (Å²) < 4.78 is 26.3. The van der Waals surface area contributed by atoms with E-state index in [1.54, 1.807) is 18.3 Å². The van der Waals surface area contributed by atoms with Gasteiger partial charge in [-0.1, -0.05) is 0 Å². The maximum Gasteiger partial charge on any atom is 0.243 e. The van der Waals surface area contributed by atoms with E-state index in [2.05, 4.69) is 14.9 Å². The summed E-state index contributed by atoms with van der Waals surface area (Å²) in [5.41, 5.74) is 1.69. The number of hydrogen-bond acceptors (Lipinski definition) is 4. The molecule has 2 rings (SSSR count). The van der Waals surface area contributed by atoms with E-state index in [-0.39, 0.29) is 4.90 Å². The lowest BCUT2D eigenvalue weighted by atomic mass is 10.2. The summed E-state index contributed by atoms with van der Waals surface area (Å²) in [5, 5.41) is 10.3. The van der Waals surface area contributed by atoms with Crippen LogP contribution in [-0.2, 0) is 16.4 Å². The molecule has 2 aromatic heterocycles. The van der Waals surface area contributed by atoms with E-state index in [0.717, 1.165) is 5.56 Å². The van der Waals surface area contributed by atoms with Gasteiger partial charge < -0.3 is 0 Å². The highest BCUT2D eigenvalue weighted by atomic mass is 32.2. The van der Waals surface area contributed by atoms with E-state index in [0.29, 0.717) is 18.7 Å². The van der Waals surface area contributed by atoms with Gasteiger partial charge in [-0.25, -0.2) is 13.1 Å². The summed E-state index contributed by atoms with van der Waals surface area (Å²) in [7, 11) is -3.44. The first-order chi connectivity index (χ1) is 8.09. The lowest BCUT2D eigenvalue weighted by Gasteiger charge is -2.04. The average Bonchev–Trinajstić information content (AvgIpc) is 2.88. The van der Waals surface area contributed by atoms with E-state index < -0.39 is 10.0 Å². The Bertz CT molecular complexity index is 572. The minimum Gasteiger partial charge on any atom is -0.281 e. The average molecular weight is 271 g/mol. The van der Waals surface area contributed by atoms with E-state index in [1.165, 1.54) is 6.20 Å². The summed E-state index contributed by atoms with van der Waals surface area (Å²) >= 11 is 1.61. The van der Waals surface area contributed by atoms with Crippen LogP contribution >= 0.6 is 11.3 Å². The van der Waals surface area contributed by atoms with Gasteiger partial charge in [0.05, 0.1) is 11.9 Å². The monoisotopic (exact) mass is 271 g/mol. The largest absolute Gasteiger partial charge is 0.281 e. The second kappa shape index (κ2) is 4.99. The highest BCUT2D eigenvalue weighted by molar-refractivity contribution is 7.89. The Hall–Kier alpha value is -1.18. The fourth-order valence-electron chi connectivity index (χ4n) is 1.45. The highest BCUT2D eigenvalue weighted by Crippen LogP contribution is 2.11. The molecule has 7 heteroatoms. The van der Waals surface area contributed by atoms with Crippen molar-refractivity contribution in [2.45, 2.75) is 18.2 Å². The molecule has 0 amide bonds. The number of aromatic nitrogens is 2. The standard InChI is InChI=1S/C10H13N3O2S2/c1-8-10(6-11-13-8)17(14,15)12-4-2-9-3-5-16-7-9/h3,5-7,12H,2,4H2,1H3,(H,11,13). The molecule has 0 bridgehead atoms. The molecule has 0 fully saturated rings. The van der Waals surface area contributed by atoms with Crippen LogP contribution in [0.15, 0.2) is 27.9 Å². The maximum atomic E-state index is 11.9. The Morgan fingerprint density at radius 1 is 1.53 bits per heavy atom. The topological polar surface area (TPSA) is 74.8 Å². The molecule has 0 spiro atoms. The van der Waals surface area contributed by atoms with Crippen LogP contribution in [0.4, 0.5) is 0 Å². The molecule has 2 aromatic rings. The number of sulfonamides is 1. The lowest BCUT2D eigenvalue weighted by molar-refractivity contribution is 0.581. The smallest absolute Gasteiger partial charge is 0.243 e. The number of aryl methyl sites for hydroxylation is 1. The minimum atomic E-state index is -3.44. The summed E-state index contributed by atoms with van der Waals surface area (Å²) in [5.74, 6) is 0. The van der Waals surface area contributed by atoms with Crippen molar-refractivity contribution in [2.75, 3.05) is 6.54 Å². The Morgan fingerprint density at radius 3 is 2.94 bits per heavy atom. The molecule has 5 nitrogen and oxygen atoms in total. The van der Waals surface area contributed by atoms with Crippen LogP contribution in [0.5, 0.6) is 0 Å². The molecule has 2 N–H and O–H groups in total. The number of thiophene rings is 1. The lowest BCUT2D eigenvalue weighted by Crippen LogP contribution is -2.26. The van der Waals surface area contributed by atoms with Gasteiger partial charge in [-0.05, 0) is 35.7 Å². The third kappa shape index (κ3) is 2.93. The van der Waals surface area contributed by atoms with Crippen molar-refractivity contribution in [1.82, 2.24) is 14.9 Å². The SMILES string of the molecule is Cc1[nH]ncc1S(=O)(=O)NCCc1ccsc1. The van der Waals surface area contributed by atoms with Gasteiger partial charge in [0.25, 0.3) is 0 Å². The van der Waals surface area contributed by atoms with Crippen LogP contribution in [0.1, 0.15) is 11.3 Å². The Balaban J connectivity index is 1.97. The molecule has 2 heterocycles. The number of nitrogens with zero attached hydrogens (tertiary/aromatic N) is 1. The molecule has 17 heavy (non-hydrogen) atoms. The van der Waals surface area contributed by atoms with Gasteiger partial charge in [0.2, 0.25) is 10.0 Å². The van der Waals surface area contributed by atoms with Gasteiger partial charge in [0, 0.05) is 6.54 Å². The molecule has 92 valence electrons. The zero-order valence-corrected chi connectivity index (χ0v) is 10.9. The summed E-state index contributed by atoms with van der Waals surface area (Å²) in [6.45, 7) is 2.07. The molecule has 0 aliphatic heterocycles. The normalized spacial score (nSPS) is 11.8. The van der Waals surface area contributed by atoms with E-state index in [1.807, 2.05) is 16.8 Å². The van der Waals surface area contributed by atoms with Gasteiger partial charge in [0.15, 0.2) is 0 Å². The third-order valence-corrected chi connectivity index (χ3v) is 4.67. The number of rotatable bonds is 5. The van der Waals surface area contributed by atoms with E-state index in [9.17, 15) is 8.42 Å². The highest BCUT2D eigenvalue weighted by Gasteiger charge is 2.17. The minimum absolute atomic E-state index is 0.211. The van der Waals surface area contributed by atoms with Crippen molar-refractivity contribution in [3.63, 3.8) is 0 Å². The Morgan fingerprint density at radius 2 is 2.35 bits per heavy atom. The van der Waals surface area contributed by atoms with Crippen LogP contribution in [0, 0.1) is 6.92 Å². The van der Waals surface area contributed by atoms with Crippen molar-refractivity contribution in [3.05, 3.63) is 34.3 Å². The van der Waals surface area contributed by atoms with Crippen LogP contribution in [0.3, 0.4) is 0 Å². The molecule has 0 saturated heterocycles. The zero-order valence-electron chi connectivity index (χ0n) is 9.30. The maximum absolute atomic E-state index is 11.9. The molecule has 0 aromatic carbocycles. The van der Waals surface area contributed by atoms with Crippen LogP contribution < -0.4 is 4.72 Å². The number of nitrogens with one attached hydrogen (secondary N) is 2. The molecule has 0 radical (unpaired) electrons. The zero-order chi connectivity index (χ0) is 12.3. The predicted molar refractivity (Wildman–Crippen MR) is 66.5 cm³/mol. The van der Waals surface area contributed by atoms with Gasteiger partial charge in [-0.2, -0.15) is 16.4 Å². The molecular weight excluding hydrogens is 258 g/mol. The van der Waals surface area contributed by atoms with Gasteiger partial charge in [-0.15, -0.1) is 0 Å². The second-order valence-electron chi connectivity index (χ2n) is 3.64. The van der Waals surface area contributed by atoms with Crippen molar-refractivity contribution in [3.8, 4) is 0 Å². The molecule has 0 unspecified atom stereocenters. The fourth-order valence-corrected chi connectivity index (χ4v) is 3.32. The quantitative estimate of drug-likeness (QED) is 0.860. The van der Waals surface area contributed by atoms with E-state index >= 15 is 0 Å². The third-order valence-electron chi connectivity index (χ3n) is 2.36. The summed E-state index contributed by atoms with van der Waals surface area (Å²) in [6.07, 6.45) is 2.02. The summed E-state index contributed by atoms with van der Waals surface area (Å²) in [6, 6.07) is 1.99. The molecule has 0 atom stereocenters. The molecule has 0 saturated carbocycles. The second-order valence-corrected chi connectivity index (χ2v) is 6.15. The molecular formula is C10H13N3O2S2. The summed E-state index contributed by atoms with van der Waals surface area (Å²) in [4.78, 5) is 0.211. The number of hydrogen-bond donors (Lipinski definition) is 2. The van der Waals surface area contributed by atoms with Gasteiger partial charge in [0.1, 0.15) is 4.90 Å². The van der Waals surface area contributed by atoms with Gasteiger partial charge >= 0.3 is 0 Å². The first kappa shape index (κ1) is 12.3. The number of H-pyrrole nitrogens is 1. The van der Waals surface area contributed by atoms with Crippen LogP contribution in [0.2, 0.25) is 0 Å². The fraction of sp³-hybridized carbons (Fsp3) is 0.300. The molecule has 0 aliphatic rings. The van der Waals surface area contributed by atoms with Crippen molar-refractivity contribution in [1.29, 1.82) is 0 Å². The van der Waals surface area contributed by atoms with Crippen LogP contribution in [-0.4, -0.2) is 25.2 Å². The Labute approximate surface area is 104 Å². The first-order valence-electron chi connectivity index (χ1n) is 5.10. The Kier molecular flexibility index (Phi) is 3.60. The number of aromatic amines is 1.